The van der Waals surface area contributed by atoms with Gasteiger partial charge in [0, 0.05) is 27.2 Å². The summed E-state index contributed by atoms with van der Waals surface area (Å²) in [6.07, 6.45) is 0. The Kier molecular flexibility index (Phi) is 8.80. The summed E-state index contributed by atoms with van der Waals surface area (Å²) in [7, 11) is 3.37. The molecule has 0 unspecified atom stereocenters. The highest BCUT2D eigenvalue weighted by Gasteiger charge is 2.16. The van der Waals surface area contributed by atoms with Crippen molar-refractivity contribution in [2.45, 2.75) is 32.9 Å². The number of benzene rings is 1. The Balaban J connectivity index is 0.00000400. The molecule has 0 atom stereocenters. The van der Waals surface area contributed by atoms with Crippen LogP contribution >= 0.6 is 24.0 Å². The molecule has 1 rings (SSSR count). The maximum atomic E-state index is 13.4. The van der Waals surface area contributed by atoms with E-state index in [1.807, 2.05) is 19.9 Å². The largest absolute Gasteiger partial charge is 0.377 e. The second kappa shape index (κ2) is 9.19. The van der Waals surface area contributed by atoms with Crippen LogP contribution in [0.3, 0.4) is 0 Å². The van der Waals surface area contributed by atoms with Gasteiger partial charge in [-0.15, -0.1) is 24.0 Å². The molecule has 120 valence electrons. The maximum absolute atomic E-state index is 13.4. The number of hydrogen-bond acceptors (Lipinski definition) is 2. The molecule has 1 aromatic rings. The lowest BCUT2D eigenvalue weighted by Gasteiger charge is -2.24. The van der Waals surface area contributed by atoms with Crippen LogP contribution in [0.5, 0.6) is 0 Å². The van der Waals surface area contributed by atoms with E-state index in [9.17, 15) is 4.39 Å². The molecule has 0 heterocycles. The van der Waals surface area contributed by atoms with Crippen molar-refractivity contribution in [2.24, 2.45) is 4.99 Å². The molecular formula is C15H25FIN3O. The summed E-state index contributed by atoms with van der Waals surface area (Å²) in [5.74, 6) is 0.476. The second-order valence-electron chi connectivity index (χ2n) is 5.33. The van der Waals surface area contributed by atoms with Crippen molar-refractivity contribution in [3.05, 3.63) is 35.1 Å². The predicted molar refractivity (Wildman–Crippen MR) is 95.8 cm³/mol. The van der Waals surface area contributed by atoms with Gasteiger partial charge in [0.05, 0.1) is 5.60 Å². The first-order chi connectivity index (χ1) is 9.38. The van der Waals surface area contributed by atoms with Crippen molar-refractivity contribution in [2.75, 3.05) is 20.7 Å². The minimum Gasteiger partial charge on any atom is -0.377 e. The maximum Gasteiger partial charge on any atom is 0.191 e. The number of nitrogens with zero attached hydrogens (tertiary/aromatic N) is 1. The zero-order chi connectivity index (χ0) is 15.2. The number of guanidine groups is 1. The van der Waals surface area contributed by atoms with Gasteiger partial charge < -0.3 is 15.4 Å². The lowest BCUT2D eigenvalue weighted by molar-refractivity contribution is 0.0268. The molecule has 0 saturated carbocycles. The van der Waals surface area contributed by atoms with Crippen LogP contribution in [-0.2, 0) is 11.3 Å². The lowest BCUT2D eigenvalue weighted by Crippen LogP contribution is -2.45. The first kappa shape index (κ1) is 20.1. The van der Waals surface area contributed by atoms with Gasteiger partial charge in [-0.05, 0) is 38.0 Å². The van der Waals surface area contributed by atoms with Gasteiger partial charge in [0.15, 0.2) is 5.96 Å². The average Bonchev–Trinajstić information content (AvgIpc) is 2.42. The van der Waals surface area contributed by atoms with Crippen molar-refractivity contribution >= 4 is 29.9 Å². The van der Waals surface area contributed by atoms with Crippen LogP contribution in [0.15, 0.2) is 23.2 Å². The minimum atomic E-state index is -0.270. The summed E-state index contributed by atoms with van der Waals surface area (Å²) in [5, 5.41) is 6.32. The van der Waals surface area contributed by atoms with Crippen LogP contribution in [0, 0.1) is 12.7 Å². The molecule has 0 fully saturated rings. The minimum absolute atomic E-state index is 0. The first-order valence-electron chi connectivity index (χ1n) is 6.62. The van der Waals surface area contributed by atoms with Crippen molar-refractivity contribution < 1.29 is 9.13 Å². The fourth-order valence-corrected chi connectivity index (χ4v) is 1.52. The average molecular weight is 409 g/mol. The van der Waals surface area contributed by atoms with E-state index in [4.69, 9.17) is 4.74 Å². The molecular weight excluding hydrogens is 384 g/mol. The molecule has 0 amide bonds. The van der Waals surface area contributed by atoms with Crippen molar-refractivity contribution in [1.29, 1.82) is 0 Å². The van der Waals surface area contributed by atoms with Gasteiger partial charge in [-0.1, -0.05) is 12.1 Å². The van der Waals surface area contributed by atoms with E-state index in [1.165, 1.54) is 6.07 Å². The Hall–Kier alpha value is -0.890. The zero-order valence-electron chi connectivity index (χ0n) is 13.3. The molecule has 2 N–H and O–H groups in total. The van der Waals surface area contributed by atoms with E-state index in [0.29, 0.717) is 24.6 Å². The molecule has 1 aromatic carbocycles. The summed E-state index contributed by atoms with van der Waals surface area (Å²) >= 11 is 0. The summed E-state index contributed by atoms with van der Waals surface area (Å²) in [4.78, 5) is 4.13. The van der Waals surface area contributed by atoms with E-state index < -0.39 is 0 Å². The highest BCUT2D eigenvalue weighted by molar-refractivity contribution is 14.0. The van der Waals surface area contributed by atoms with Gasteiger partial charge in [-0.3, -0.25) is 4.99 Å². The Morgan fingerprint density at radius 1 is 1.33 bits per heavy atom. The number of rotatable bonds is 5. The van der Waals surface area contributed by atoms with Crippen LogP contribution in [-0.4, -0.2) is 32.3 Å². The molecule has 0 aliphatic rings. The van der Waals surface area contributed by atoms with Crippen LogP contribution < -0.4 is 10.6 Å². The van der Waals surface area contributed by atoms with E-state index in [-0.39, 0.29) is 35.4 Å². The van der Waals surface area contributed by atoms with E-state index >= 15 is 0 Å². The number of halogens is 2. The SMILES string of the molecule is CN=C(NCc1ccc(C)c(F)c1)NCC(C)(C)OC.I. The van der Waals surface area contributed by atoms with Gasteiger partial charge in [0.1, 0.15) is 5.82 Å². The molecule has 0 aromatic heterocycles. The van der Waals surface area contributed by atoms with Crippen molar-refractivity contribution in [3.63, 3.8) is 0 Å². The van der Waals surface area contributed by atoms with Crippen molar-refractivity contribution in [3.8, 4) is 0 Å². The third kappa shape index (κ3) is 7.08. The second-order valence-corrected chi connectivity index (χ2v) is 5.33. The molecule has 0 radical (unpaired) electrons. The summed E-state index contributed by atoms with van der Waals surface area (Å²) in [6, 6.07) is 5.21. The Morgan fingerprint density at radius 2 is 2.00 bits per heavy atom. The van der Waals surface area contributed by atoms with Gasteiger partial charge in [0.2, 0.25) is 0 Å². The molecule has 4 nitrogen and oxygen atoms in total. The Morgan fingerprint density at radius 3 is 2.52 bits per heavy atom. The Labute approximate surface area is 143 Å². The molecule has 0 bridgehead atoms. The van der Waals surface area contributed by atoms with E-state index in [1.54, 1.807) is 27.1 Å². The number of hydrogen-bond donors (Lipinski definition) is 2. The normalized spacial score (nSPS) is 11.8. The van der Waals surface area contributed by atoms with E-state index in [0.717, 1.165) is 5.56 Å². The van der Waals surface area contributed by atoms with Gasteiger partial charge >= 0.3 is 0 Å². The van der Waals surface area contributed by atoms with Crippen LogP contribution in [0.2, 0.25) is 0 Å². The standard InChI is InChI=1S/C15H24FN3O.HI/c1-11-6-7-12(8-13(11)16)9-18-14(17-4)19-10-15(2,3)20-5;/h6-8H,9-10H2,1-5H3,(H2,17,18,19);1H. The molecule has 0 aliphatic carbocycles. The zero-order valence-corrected chi connectivity index (χ0v) is 15.6. The molecule has 6 heteroatoms. The number of nitrogens with one attached hydrogen (secondary N) is 2. The van der Waals surface area contributed by atoms with Gasteiger partial charge in [-0.25, -0.2) is 4.39 Å². The molecule has 0 aliphatic heterocycles. The lowest BCUT2D eigenvalue weighted by atomic mass is 10.1. The molecule has 0 spiro atoms. The number of methoxy groups -OCH3 is 1. The number of ether oxygens (including phenoxy) is 1. The topological polar surface area (TPSA) is 45.7 Å². The van der Waals surface area contributed by atoms with Crippen LogP contribution in [0.1, 0.15) is 25.0 Å². The monoisotopic (exact) mass is 409 g/mol. The third-order valence-corrected chi connectivity index (χ3v) is 3.15. The summed E-state index contributed by atoms with van der Waals surface area (Å²) in [6.45, 7) is 6.88. The van der Waals surface area contributed by atoms with Crippen molar-refractivity contribution in [1.82, 2.24) is 10.6 Å². The molecule has 21 heavy (non-hydrogen) atoms. The van der Waals surface area contributed by atoms with Gasteiger partial charge in [-0.2, -0.15) is 0 Å². The first-order valence-corrected chi connectivity index (χ1v) is 6.62. The highest BCUT2D eigenvalue weighted by Crippen LogP contribution is 2.09. The fourth-order valence-electron chi connectivity index (χ4n) is 1.52. The summed E-state index contributed by atoms with van der Waals surface area (Å²) in [5.41, 5.74) is 1.26. The third-order valence-electron chi connectivity index (χ3n) is 3.15. The number of aryl methyl sites for hydroxylation is 1. The quantitative estimate of drug-likeness (QED) is 0.447. The highest BCUT2D eigenvalue weighted by atomic mass is 127. The fraction of sp³-hybridized carbons (Fsp3) is 0.533. The predicted octanol–water partition coefficient (Wildman–Crippen LogP) is 2.84. The van der Waals surface area contributed by atoms with E-state index in [2.05, 4.69) is 15.6 Å². The summed E-state index contributed by atoms with van der Waals surface area (Å²) < 4.78 is 18.8. The number of aliphatic imine (C=N–C) groups is 1. The van der Waals surface area contributed by atoms with Gasteiger partial charge in [0.25, 0.3) is 0 Å². The Bertz CT molecular complexity index is 478. The van der Waals surface area contributed by atoms with Crippen LogP contribution in [0.4, 0.5) is 4.39 Å². The van der Waals surface area contributed by atoms with Crippen LogP contribution in [0.25, 0.3) is 0 Å². The molecule has 0 saturated heterocycles. The smallest absolute Gasteiger partial charge is 0.191 e.